The molecule has 0 aliphatic carbocycles. The Morgan fingerprint density at radius 2 is 1.77 bits per heavy atom. The molecule has 1 amide bonds. The highest BCUT2D eigenvalue weighted by Gasteiger charge is 2.41. The summed E-state index contributed by atoms with van der Waals surface area (Å²) in [5.74, 6) is 0.643. The van der Waals surface area contributed by atoms with Gasteiger partial charge in [-0.05, 0) is 13.3 Å². The molecule has 1 fully saturated rings. The van der Waals surface area contributed by atoms with Crippen LogP contribution in [-0.4, -0.2) is 62.8 Å². The molecule has 1 saturated heterocycles. The van der Waals surface area contributed by atoms with Gasteiger partial charge in [0.05, 0.1) is 33.1 Å². The summed E-state index contributed by atoms with van der Waals surface area (Å²) in [6.07, 6.45) is 1.99. The van der Waals surface area contributed by atoms with E-state index in [4.69, 9.17) is 14.2 Å². The van der Waals surface area contributed by atoms with Gasteiger partial charge in [0.2, 0.25) is 11.7 Å². The first-order chi connectivity index (χ1) is 14.6. The monoisotopic (exact) mass is 453 g/mol. The molecular formula is C19H27N5O6S. The molecule has 12 heteroatoms. The molecule has 31 heavy (non-hydrogen) atoms. The molecule has 2 N–H and O–H groups in total. The van der Waals surface area contributed by atoms with Gasteiger partial charge in [-0.25, -0.2) is 0 Å². The molecule has 2 aromatic rings. The molecule has 1 aliphatic heterocycles. The number of carbonyl (C=O) groups is 1. The summed E-state index contributed by atoms with van der Waals surface area (Å²) in [7, 11) is 3.67. The molecule has 11 nitrogen and oxygen atoms in total. The van der Waals surface area contributed by atoms with Crippen molar-refractivity contribution in [3.63, 3.8) is 0 Å². The average Bonchev–Trinajstić information content (AvgIpc) is 3.06. The van der Waals surface area contributed by atoms with Crippen molar-refractivity contribution in [3.05, 3.63) is 29.6 Å². The summed E-state index contributed by atoms with van der Waals surface area (Å²) in [5, 5.41) is 7.04. The fourth-order valence-electron chi connectivity index (χ4n) is 3.65. The number of aromatic nitrogens is 2. The number of benzene rings is 1. The molecule has 170 valence electrons. The molecule has 1 aromatic carbocycles. The Morgan fingerprint density at radius 1 is 1.16 bits per heavy atom. The van der Waals surface area contributed by atoms with E-state index in [1.165, 1.54) is 28.4 Å². The number of nitrogens with zero attached hydrogens (tertiary/aromatic N) is 3. The molecule has 0 bridgehead atoms. The molecule has 1 aromatic heterocycles. The molecule has 0 unspecified atom stereocenters. The van der Waals surface area contributed by atoms with Gasteiger partial charge in [-0.3, -0.25) is 9.48 Å². The van der Waals surface area contributed by atoms with E-state index < -0.39 is 28.2 Å². The zero-order valence-corrected chi connectivity index (χ0v) is 19.1. The lowest BCUT2D eigenvalue weighted by molar-refractivity contribution is -0.120. The van der Waals surface area contributed by atoms with Gasteiger partial charge in [0.1, 0.15) is 6.04 Å². The van der Waals surface area contributed by atoms with Gasteiger partial charge < -0.3 is 19.5 Å². The number of aryl methyl sites for hydroxylation is 2. The maximum absolute atomic E-state index is 13.1. The average molecular weight is 454 g/mol. The second-order valence-corrected chi connectivity index (χ2v) is 8.95. The van der Waals surface area contributed by atoms with E-state index in [2.05, 4.69) is 15.1 Å². The minimum absolute atomic E-state index is 0.235. The van der Waals surface area contributed by atoms with E-state index in [-0.39, 0.29) is 6.42 Å². The number of nitrogens with one attached hydrogen (secondary N) is 2. The van der Waals surface area contributed by atoms with Gasteiger partial charge >= 0.3 is 0 Å². The number of amides is 1. The molecule has 2 atom stereocenters. The Bertz CT molecular complexity index is 1060. The molecule has 3 rings (SSSR count). The smallest absolute Gasteiger partial charge is 0.280 e. The van der Waals surface area contributed by atoms with Gasteiger partial charge in [0, 0.05) is 43.7 Å². The number of methoxy groups -OCH3 is 3. The minimum atomic E-state index is -3.87. The van der Waals surface area contributed by atoms with Crippen molar-refractivity contribution in [2.75, 3.05) is 33.7 Å². The predicted molar refractivity (Wildman–Crippen MR) is 114 cm³/mol. The van der Waals surface area contributed by atoms with Gasteiger partial charge in [-0.15, -0.1) is 0 Å². The second kappa shape index (κ2) is 8.73. The maximum atomic E-state index is 13.1. The van der Waals surface area contributed by atoms with Crippen molar-refractivity contribution < 1.29 is 27.4 Å². The fourth-order valence-corrected chi connectivity index (χ4v) is 4.92. The van der Waals surface area contributed by atoms with Crippen LogP contribution in [0.25, 0.3) is 0 Å². The van der Waals surface area contributed by atoms with Crippen LogP contribution in [0.5, 0.6) is 17.2 Å². The number of likely N-dealkylation sites (N-methyl/N-ethyl adjacent to an activating group) is 1. The van der Waals surface area contributed by atoms with Crippen molar-refractivity contribution in [1.82, 2.24) is 18.8 Å². The maximum Gasteiger partial charge on any atom is 0.280 e. The molecule has 1 aliphatic rings. The van der Waals surface area contributed by atoms with E-state index >= 15 is 0 Å². The summed E-state index contributed by atoms with van der Waals surface area (Å²) >= 11 is 0. The Morgan fingerprint density at radius 3 is 2.26 bits per heavy atom. The Hall–Kier alpha value is -2.83. The Labute approximate surface area is 181 Å². The highest BCUT2D eigenvalue weighted by atomic mass is 32.2. The Kier molecular flexibility index (Phi) is 6.43. The Balaban J connectivity index is 1.90. The van der Waals surface area contributed by atoms with Gasteiger partial charge in [-0.2, -0.15) is 22.5 Å². The van der Waals surface area contributed by atoms with Gasteiger partial charge in [0.15, 0.2) is 11.5 Å². The molecule has 2 heterocycles. The van der Waals surface area contributed by atoms with Crippen LogP contribution < -0.4 is 24.2 Å². The quantitative estimate of drug-likeness (QED) is 0.668. The van der Waals surface area contributed by atoms with Crippen molar-refractivity contribution in [2.45, 2.75) is 25.4 Å². The lowest BCUT2D eigenvalue weighted by Crippen LogP contribution is -2.56. The number of carbonyl (C=O) groups excluding carboxylic acids is 1. The molecule has 0 saturated carbocycles. The fraction of sp³-hybridized carbons (Fsp3) is 0.474. The van der Waals surface area contributed by atoms with Crippen LogP contribution in [0, 0.1) is 6.92 Å². The van der Waals surface area contributed by atoms with Gasteiger partial charge in [0.25, 0.3) is 10.2 Å². The van der Waals surface area contributed by atoms with E-state index in [9.17, 15) is 13.2 Å². The lowest BCUT2D eigenvalue weighted by atomic mass is 10.00. The van der Waals surface area contributed by atoms with E-state index in [0.29, 0.717) is 28.6 Å². The zero-order chi connectivity index (χ0) is 22.9. The first kappa shape index (κ1) is 22.8. The lowest BCUT2D eigenvalue weighted by Gasteiger charge is -2.36. The highest BCUT2D eigenvalue weighted by molar-refractivity contribution is 7.87. The third-order valence-corrected chi connectivity index (χ3v) is 6.83. The summed E-state index contributed by atoms with van der Waals surface area (Å²) in [5.41, 5.74) is 1.81. The topological polar surface area (TPSA) is 124 Å². The number of hydrogen-bond donors (Lipinski definition) is 2. The van der Waals surface area contributed by atoms with Crippen molar-refractivity contribution in [1.29, 1.82) is 0 Å². The van der Waals surface area contributed by atoms with Crippen LogP contribution in [0.15, 0.2) is 18.3 Å². The van der Waals surface area contributed by atoms with Crippen molar-refractivity contribution in [2.24, 2.45) is 7.05 Å². The van der Waals surface area contributed by atoms with E-state index in [1.807, 2.05) is 0 Å². The SMILES string of the molecule is COc1cc(NC(=O)[C@@H]2C[C@@H](c3cn(C)nc3C)NS(=O)(=O)N2C)cc(OC)c1OC. The van der Waals surface area contributed by atoms with Crippen LogP contribution in [0.1, 0.15) is 23.7 Å². The van der Waals surface area contributed by atoms with Crippen LogP contribution in [0.2, 0.25) is 0 Å². The van der Waals surface area contributed by atoms with Crippen LogP contribution in [0.3, 0.4) is 0 Å². The predicted octanol–water partition coefficient (Wildman–Crippen LogP) is 0.973. The minimum Gasteiger partial charge on any atom is -0.493 e. The first-order valence-corrected chi connectivity index (χ1v) is 10.9. The third kappa shape index (κ3) is 4.45. The molecule has 0 spiro atoms. The first-order valence-electron chi connectivity index (χ1n) is 9.47. The summed E-state index contributed by atoms with van der Waals surface area (Å²) in [4.78, 5) is 13.1. The van der Waals surface area contributed by atoms with Crippen LogP contribution >= 0.6 is 0 Å². The van der Waals surface area contributed by atoms with Crippen molar-refractivity contribution in [3.8, 4) is 17.2 Å². The second-order valence-electron chi connectivity index (χ2n) is 7.19. The normalized spacial score (nSPS) is 20.8. The van der Waals surface area contributed by atoms with Crippen LogP contribution in [0.4, 0.5) is 5.69 Å². The summed E-state index contributed by atoms with van der Waals surface area (Å²) in [6.45, 7) is 1.80. The van der Waals surface area contributed by atoms with Crippen molar-refractivity contribution >= 4 is 21.8 Å². The number of rotatable bonds is 6. The third-order valence-electron chi connectivity index (χ3n) is 5.23. The largest absolute Gasteiger partial charge is 0.493 e. The standard InChI is InChI=1S/C19H27N5O6S/c1-11-13(10-23(2)21-11)14-9-15(24(3)31(26,27)22-14)19(25)20-12-7-16(28-4)18(30-6)17(8-12)29-5/h7-8,10,14-15,22H,9H2,1-6H3,(H,20,25)/t14-,15-/m0/s1. The number of ether oxygens (including phenoxy) is 3. The summed E-state index contributed by atoms with van der Waals surface area (Å²) in [6, 6.07) is 1.65. The van der Waals surface area contributed by atoms with E-state index in [1.54, 1.807) is 37.0 Å². The van der Waals surface area contributed by atoms with E-state index in [0.717, 1.165) is 9.87 Å². The number of hydrogen-bond acceptors (Lipinski definition) is 7. The highest BCUT2D eigenvalue weighted by Crippen LogP contribution is 2.40. The molecule has 0 radical (unpaired) electrons. The number of anilines is 1. The zero-order valence-electron chi connectivity index (χ0n) is 18.3. The summed E-state index contributed by atoms with van der Waals surface area (Å²) < 4.78 is 46.5. The van der Waals surface area contributed by atoms with Gasteiger partial charge in [-0.1, -0.05) is 0 Å². The van der Waals surface area contributed by atoms with Crippen LogP contribution in [-0.2, 0) is 22.1 Å². The molecular weight excluding hydrogens is 426 g/mol.